The highest BCUT2D eigenvalue weighted by Gasteiger charge is 2.18. The molecule has 6 heteroatoms. The number of ether oxygens (including phenoxy) is 1. The summed E-state index contributed by atoms with van der Waals surface area (Å²) < 4.78 is 5.23. The van der Waals surface area contributed by atoms with E-state index >= 15 is 0 Å². The summed E-state index contributed by atoms with van der Waals surface area (Å²) in [5.41, 5.74) is 2.28. The van der Waals surface area contributed by atoms with Gasteiger partial charge in [0.1, 0.15) is 11.6 Å². The number of nitrogens with zero attached hydrogens (tertiary/aromatic N) is 4. The second-order valence-corrected chi connectivity index (χ2v) is 7.29. The van der Waals surface area contributed by atoms with Gasteiger partial charge in [-0.1, -0.05) is 23.7 Å². The molecule has 0 radical (unpaired) electrons. The summed E-state index contributed by atoms with van der Waals surface area (Å²) in [5, 5.41) is 0.716. The first-order valence-electron chi connectivity index (χ1n) is 9.40. The molecule has 144 valence electrons. The molecule has 28 heavy (non-hydrogen) atoms. The monoisotopic (exact) mass is 394 g/mol. The molecule has 3 aromatic rings. The molecule has 1 saturated heterocycles. The zero-order valence-electron chi connectivity index (χ0n) is 15.9. The first kappa shape index (κ1) is 18.7. The number of halogens is 1. The molecular formula is C22H23ClN4O. The van der Waals surface area contributed by atoms with Crippen LogP contribution in [-0.4, -0.2) is 48.2 Å². The molecule has 0 unspecified atom stereocenters. The minimum Gasteiger partial charge on any atom is -0.497 e. The van der Waals surface area contributed by atoms with Gasteiger partial charge in [0.2, 0.25) is 0 Å². The third-order valence-corrected chi connectivity index (χ3v) is 5.26. The first-order chi connectivity index (χ1) is 13.7. The Morgan fingerprint density at radius 3 is 2.32 bits per heavy atom. The minimum atomic E-state index is 0.716. The Morgan fingerprint density at radius 2 is 1.64 bits per heavy atom. The third kappa shape index (κ3) is 4.43. The summed E-state index contributed by atoms with van der Waals surface area (Å²) >= 11 is 5.98. The van der Waals surface area contributed by atoms with Gasteiger partial charge in [-0.15, -0.1) is 0 Å². The van der Waals surface area contributed by atoms with Gasteiger partial charge in [0, 0.05) is 49.5 Å². The summed E-state index contributed by atoms with van der Waals surface area (Å²) in [6.45, 7) is 4.87. The predicted octanol–water partition coefficient (Wildman–Crippen LogP) is 4.13. The van der Waals surface area contributed by atoms with Gasteiger partial charge in [-0.25, -0.2) is 9.97 Å². The fourth-order valence-electron chi connectivity index (χ4n) is 3.39. The summed E-state index contributed by atoms with van der Waals surface area (Å²) in [7, 11) is 1.69. The molecule has 4 rings (SSSR count). The van der Waals surface area contributed by atoms with Crippen LogP contribution in [0.25, 0.3) is 11.4 Å². The number of rotatable bonds is 5. The minimum absolute atomic E-state index is 0.716. The Balaban J connectivity index is 1.38. The maximum absolute atomic E-state index is 5.98. The van der Waals surface area contributed by atoms with Crippen LogP contribution in [0.1, 0.15) is 5.56 Å². The first-order valence-corrected chi connectivity index (χ1v) is 9.78. The maximum atomic E-state index is 5.98. The Morgan fingerprint density at radius 1 is 0.929 bits per heavy atom. The van der Waals surface area contributed by atoms with Crippen LogP contribution in [0, 0.1) is 0 Å². The van der Waals surface area contributed by atoms with Gasteiger partial charge in [0.25, 0.3) is 0 Å². The van der Waals surface area contributed by atoms with Crippen molar-refractivity contribution in [2.75, 3.05) is 38.2 Å². The van der Waals surface area contributed by atoms with Crippen molar-refractivity contribution in [3.05, 3.63) is 71.4 Å². The van der Waals surface area contributed by atoms with Gasteiger partial charge in [0.05, 0.1) is 7.11 Å². The molecule has 5 nitrogen and oxygen atoms in total. The highest BCUT2D eigenvalue weighted by Crippen LogP contribution is 2.22. The third-order valence-electron chi connectivity index (χ3n) is 5.00. The lowest BCUT2D eigenvalue weighted by Gasteiger charge is -2.35. The van der Waals surface area contributed by atoms with E-state index in [-0.39, 0.29) is 0 Å². The van der Waals surface area contributed by atoms with Gasteiger partial charge < -0.3 is 9.64 Å². The van der Waals surface area contributed by atoms with Crippen molar-refractivity contribution in [1.82, 2.24) is 14.9 Å². The number of hydrogen-bond donors (Lipinski definition) is 0. The molecule has 0 amide bonds. The molecule has 1 aliphatic rings. The second-order valence-electron chi connectivity index (χ2n) is 6.86. The van der Waals surface area contributed by atoms with Crippen molar-refractivity contribution >= 4 is 17.4 Å². The molecule has 1 aliphatic heterocycles. The summed E-state index contributed by atoms with van der Waals surface area (Å²) in [5.74, 6) is 2.60. The average Bonchev–Trinajstić information content (AvgIpc) is 2.75. The summed E-state index contributed by atoms with van der Waals surface area (Å²) in [6, 6.07) is 17.9. The Kier molecular flexibility index (Phi) is 5.74. The van der Waals surface area contributed by atoms with Gasteiger partial charge in [0.15, 0.2) is 5.82 Å². The van der Waals surface area contributed by atoms with E-state index < -0.39 is 0 Å². The van der Waals surface area contributed by atoms with Crippen molar-refractivity contribution in [2.45, 2.75) is 6.54 Å². The SMILES string of the molecule is COc1ccc(CN2CCN(c3ccnc(-c4ccc(Cl)cc4)n3)CC2)cc1. The van der Waals surface area contributed by atoms with Crippen molar-refractivity contribution in [3.63, 3.8) is 0 Å². The van der Waals surface area contributed by atoms with Crippen LogP contribution in [0.15, 0.2) is 60.8 Å². The normalized spacial score (nSPS) is 14.9. The van der Waals surface area contributed by atoms with Crippen LogP contribution in [0.5, 0.6) is 5.75 Å². The lowest BCUT2D eigenvalue weighted by Crippen LogP contribution is -2.46. The smallest absolute Gasteiger partial charge is 0.161 e. The molecule has 0 bridgehead atoms. The largest absolute Gasteiger partial charge is 0.497 e. The molecule has 0 N–H and O–H groups in total. The number of anilines is 1. The molecule has 2 aromatic carbocycles. The lowest BCUT2D eigenvalue weighted by molar-refractivity contribution is 0.249. The zero-order valence-corrected chi connectivity index (χ0v) is 16.6. The van der Waals surface area contributed by atoms with Gasteiger partial charge >= 0.3 is 0 Å². The van der Waals surface area contributed by atoms with Gasteiger partial charge in [-0.3, -0.25) is 4.90 Å². The molecular weight excluding hydrogens is 372 g/mol. The Hall–Kier alpha value is -2.63. The number of piperazine rings is 1. The van der Waals surface area contributed by atoms with E-state index in [4.69, 9.17) is 21.3 Å². The van der Waals surface area contributed by atoms with Crippen molar-refractivity contribution in [3.8, 4) is 17.1 Å². The summed E-state index contributed by atoms with van der Waals surface area (Å²) in [4.78, 5) is 14.0. The van der Waals surface area contributed by atoms with Crippen molar-refractivity contribution in [2.24, 2.45) is 0 Å². The van der Waals surface area contributed by atoms with Gasteiger partial charge in [-0.2, -0.15) is 0 Å². The van der Waals surface area contributed by atoms with Crippen LogP contribution < -0.4 is 9.64 Å². The van der Waals surface area contributed by atoms with E-state index in [2.05, 4.69) is 26.9 Å². The van der Waals surface area contributed by atoms with E-state index in [0.29, 0.717) is 5.02 Å². The highest BCUT2D eigenvalue weighted by atomic mass is 35.5. The average molecular weight is 395 g/mol. The van der Waals surface area contributed by atoms with E-state index in [1.165, 1.54) is 5.56 Å². The van der Waals surface area contributed by atoms with E-state index in [1.807, 2.05) is 48.7 Å². The summed E-state index contributed by atoms with van der Waals surface area (Å²) in [6.07, 6.45) is 1.83. The Labute approximate surface area is 170 Å². The number of benzene rings is 2. The molecule has 0 saturated carbocycles. The number of aromatic nitrogens is 2. The zero-order chi connectivity index (χ0) is 19.3. The fourth-order valence-corrected chi connectivity index (χ4v) is 3.51. The molecule has 0 spiro atoms. The standard InChI is InChI=1S/C22H23ClN4O/c1-28-20-8-2-17(3-9-20)16-26-12-14-27(15-13-26)21-10-11-24-22(25-21)18-4-6-19(23)7-5-18/h2-11H,12-16H2,1H3. The molecule has 1 aromatic heterocycles. The molecule has 1 fully saturated rings. The van der Waals surface area contributed by atoms with Crippen LogP contribution in [-0.2, 0) is 6.54 Å². The van der Waals surface area contributed by atoms with Crippen LogP contribution in [0.2, 0.25) is 5.02 Å². The second kappa shape index (κ2) is 8.59. The van der Waals surface area contributed by atoms with E-state index in [0.717, 1.165) is 55.7 Å². The molecule has 0 atom stereocenters. The molecule has 0 aliphatic carbocycles. The van der Waals surface area contributed by atoms with Crippen molar-refractivity contribution < 1.29 is 4.74 Å². The predicted molar refractivity (Wildman–Crippen MR) is 113 cm³/mol. The number of hydrogen-bond acceptors (Lipinski definition) is 5. The van der Waals surface area contributed by atoms with Crippen molar-refractivity contribution in [1.29, 1.82) is 0 Å². The van der Waals surface area contributed by atoms with E-state index in [1.54, 1.807) is 7.11 Å². The lowest BCUT2D eigenvalue weighted by atomic mass is 10.2. The fraction of sp³-hybridized carbons (Fsp3) is 0.273. The number of methoxy groups -OCH3 is 1. The molecule has 2 heterocycles. The quantitative estimate of drug-likeness (QED) is 0.650. The topological polar surface area (TPSA) is 41.5 Å². The van der Waals surface area contributed by atoms with Gasteiger partial charge in [-0.05, 0) is 48.0 Å². The maximum Gasteiger partial charge on any atom is 0.161 e. The highest BCUT2D eigenvalue weighted by molar-refractivity contribution is 6.30. The van der Waals surface area contributed by atoms with Crippen LogP contribution >= 0.6 is 11.6 Å². The van der Waals surface area contributed by atoms with E-state index in [9.17, 15) is 0 Å². The van der Waals surface area contributed by atoms with Crippen LogP contribution in [0.4, 0.5) is 5.82 Å². The van der Waals surface area contributed by atoms with Crippen LogP contribution in [0.3, 0.4) is 0 Å². The Bertz CT molecular complexity index is 907.